The Morgan fingerprint density at radius 2 is 1.62 bits per heavy atom. The van der Waals surface area contributed by atoms with Crippen molar-refractivity contribution in [2.45, 2.75) is 70.8 Å². The number of allylic oxidation sites excluding steroid dienone is 1. The molecule has 0 aromatic rings. The van der Waals surface area contributed by atoms with Gasteiger partial charge in [0.1, 0.15) is 0 Å². The Morgan fingerprint density at radius 1 is 1.00 bits per heavy atom. The van der Waals surface area contributed by atoms with Crippen molar-refractivity contribution in [3.63, 3.8) is 0 Å². The van der Waals surface area contributed by atoms with Crippen LogP contribution >= 0.6 is 0 Å². The van der Waals surface area contributed by atoms with Crippen LogP contribution in [-0.2, 0) is 9.59 Å². The summed E-state index contributed by atoms with van der Waals surface area (Å²) in [5.74, 6) is -1.88. The number of barbiturate groups is 1. The minimum Gasteiger partial charge on any atom is -0.322 e. The molecule has 0 unspecified atom stereocenters. The van der Waals surface area contributed by atoms with Gasteiger partial charge in [-0.3, -0.25) is 19.8 Å². The number of urea groups is 1. The van der Waals surface area contributed by atoms with E-state index in [-0.39, 0.29) is 11.9 Å². The maximum Gasteiger partial charge on any atom is 0.331 e. The zero-order valence-corrected chi connectivity index (χ0v) is 15.6. The van der Waals surface area contributed by atoms with Gasteiger partial charge in [0.05, 0.1) is 0 Å². The number of amides is 4. The second-order valence-electron chi connectivity index (χ2n) is 7.48. The minimum absolute atomic E-state index is 0.0943. The number of nitrogens with one attached hydrogen (secondary N) is 2. The van der Waals surface area contributed by atoms with Crippen LogP contribution in [0.3, 0.4) is 0 Å². The second-order valence-corrected chi connectivity index (χ2v) is 7.48. The van der Waals surface area contributed by atoms with Crippen LogP contribution in [0.5, 0.6) is 0 Å². The van der Waals surface area contributed by atoms with E-state index in [2.05, 4.69) is 15.8 Å². The molecule has 144 valence electrons. The van der Waals surface area contributed by atoms with Crippen molar-refractivity contribution in [2.75, 3.05) is 13.1 Å². The van der Waals surface area contributed by atoms with Gasteiger partial charge in [0.25, 0.3) is 0 Å². The normalized spacial score (nSPS) is 27.3. The second kappa shape index (κ2) is 8.66. The summed E-state index contributed by atoms with van der Waals surface area (Å²) >= 11 is 0. The van der Waals surface area contributed by atoms with Gasteiger partial charge in [-0.05, 0) is 32.6 Å². The van der Waals surface area contributed by atoms with Crippen LogP contribution in [0.1, 0.15) is 64.7 Å². The molecule has 0 radical (unpaired) electrons. The lowest BCUT2D eigenvalue weighted by molar-refractivity contribution is -0.143. The van der Waals surface area contributed by atoms with Gasteiger partial charge >= 0.3 is 6.03 Å². The first-order valence-corrected chi connectivity index (χ1v) is 9.97. The van der Waals surface area contributed by atoms with Crippen LogP contribution in [0, 0.1) is 5.92 Å². The summed E-state index contributed by atoms with van der Waals surface area (Å²) in [4.78, 5) is 39.2. The zero-order chi connectivity index (χ0) is 18.5. The quantitative estimate of drug-likeness (QED) is 0.750. The third-order valence-corrected chi connectivity index (χ3v) is 5.65. The predicted molar refractivity (Wildman–Crippen MR) is 97.7 cm³/mol. The molecule has 0 bridgehead atoms. The topological polar surface area (TPSA) is 81.8 Å². The smallest absolute Gasteiger partial charge is 0.322 e. The molecule has 26 heavy (non-hydrogen) atoms. The number of carbonyl (C=O) groups excluding carboxylic acids is 3. The average molecular weight is 362 g/mol. The minimum atomic E-state index is -0.970. The molecule has 0 spiro atoms. The van der Waals surface area contributed by atoms with Gasteiger partial charge in [0.2, 0.25) is 11.8 Å². The fourth-order valence-electron chi connectivity index (χ4n) is 4.21. The van der Waals surface area contributed by atoms with Crippen molar-refractivity contribution in [3.8, 4) is 0 Å². The number of hydrogen-bond acceptors (Lipinski definition) is 5. The van der Waals surface area contributed by atoms with Crippen LogP contribution in [0.4, 0.5) is 4.79 Å². The molecular weight excluding hydrogens is 332 g/mol. The Labute approximate surface area is 155 Å². The molecule has 2 N–H and O–H groups in total. The monoisotopic (exact) mass is 362 g/mol. The molecule has 3 fully saturated rings. The molecule has 1 atom stereocenters. The summed E-state index contributed by atoms with van der Waals surface area (Å²) in [5, 5.41) is 4.49. The average Bonchev–Trinajstić information content (AvgIpc) is 2.90. The molecule has 1 saturated carbocycles. The van der Waals surface area contributed by atoms with Gasteiger partial charge in [-0.15, -0.1) is 0 Å². The highest BCUT2D eigenvalue weighted by atomic mass is 16.2. The molecule has 4 amide bonds. The fraction of sp³-hybridized carbons (Fsp3) is 0.737. The molecule has 3 rings (SSSR count). The lowest BCUT2D eigenvalue weighted by atomic mass is 9.91. The van der Waals surface area contributed by atoms with Crippen molar-refractivity contribution in [1.29, 1.82) is 0 Å². The molecule has 3 aliphatic rings. The number of hydrazine groups is 1. The Kier molecular flexibility index (Phi) is 6.29. The van der Waals surface area contributed by atoms with Crippen molar-refractivity contribution in [2.24, 2.45) is 5.92 Å². The fourth-order valence-corrected chi connectivity index (χ4v) is 4.21. The highest BCUT2D eigenvalue weighted by Gasteiger charge is 2.45. The maximum absolute atomic E-state index is 13.1. The SMILES string of the molecule is C/C=C(\NN1CCCCCC1)[C@@H]1C(=O)NC(=O)N(C2CCCCC2)C1=O. The van der Waals surface area contributed by atoms with E-state index in [9.17, 15) is 14.4 Å². The van der Waals surface area contributed by atoms with Gasteiger partial charge in [-0.1, -0.05) is 38.2 Å². The van der Waals surface area contributed by atoms with Gasteiger partial charge in [-0.25, -0.2) is 9.80 Å². The Balaban J connectivity index is 1.75. The van der Waals surface area contributed by atoms with E-state index in [1.807, 2.05) is 6.92 Å². The van der Waals surface area contributed by atoms with E-state index >= 15 is 0 Å². The van der Waals surface area contributed by atoms with Gasteiger partial charge < -0.3 is 5.43 Å². The van der Waals surface area contributed by atoms with E-state index in [1.54, 1.807) is 6.08 Å². The van der Waals surface area contributed by atoms with Crippen molar-refractivity contribution in [3.05, 3.63) is 11.8 Å². The lowest BCUT2D eigenvalue weighted by Gasteiger charge is -2.38. The van der Waals surface area contributed by atoms with Crippen LogP contribution in [-0.4, -0.2) is 46.9 Å². The van der Waals surface area contributed by atoms with E-state index < -0.39 is 17.9 Å². The van der Waals surface area contributed by atoms with E-state index in [0.29, 0.717) is 5.70 Å². The Hall–Kier alpha value is -1.89. The highest BCUT2D eigenvalue weighted by Crippen LogP contribution is 2.27. The zero-order valence-electron chi connectivity index (χ0n) is 15.6. The number of nitrogens with zero attached hydrogens (tertiary/aromatic N) is 2. The molecule has 1 aliphatic carbocycles. The summed E-state index contributed by atoms with van der Waals surface area (Å²) in [7, 11) is 0. The largest absolute Gasteiger partial charge is 0.331 e. The summed E-state index contributed by atoms with van der Waals surface area (Å²) in [6.07, 6.45) is 11.2. The summed E-state index contributed by atoms with van der Waals surface area (Å²) in [6, 6.07) is -0.656. The van der Waals surface area contributed by atoms with Gasteiger partial charge in [-0.2, -0.15) is 0 Å². The number of carbonyl (C=O) groups is 3. The van der Waals surface area contributed by atoms with Crippen LogP contribution in [0.2, 0.25) is 0 Å². The van der Waals surface area contributed by atoms with Crippen molar-refractivity contribution < 1.29 is 14.4 Å². The van der Waals surface area contributed by atoms with Crippen molar-refractivity contribution in [1.82, 2.24) is 20.7 Å². The first-order chi connectivity index (χ1) is 12.6. The van der Waals surface area contributed by atoms with Crippen LogP contribution in [0.25, 0.3) is 0 Å². The van der Waals surface area contributed by atoms with Gasteiger partial charge in [0.15, 0.2) is 5.92 Å². The first-order valence-electron chi connectivity index (χ1n) is 9.97. The standard InChI is InChI=1S/C19H30N4O3/c1-2-15(21-22-12-8-3-4-9-13-22)16-17(24)20-19(26)23(18(16)25)14-10-6-5-7-11-14/h2,14,16,21H,3-13H2,1H3,(H,20,24,26)/b15-2-/t16-/m1/s1. The Bertz CT molecular complexity index is 575. The highest BCUT2D eigenvalue weighted by molar-refractivity contribution is 6.17. The molecule has 2 saturated heterocycles. The third kappa shape index (κ3) is 4.09. The number of imide groups is 2. The summed E-state index contributed by atoms with van der Waals surface area (Å²) < 4.78 is 0. The lowest BCUT2D eigenvalue weighted by Crippen LogP contribution is -2.62. The number of hydrogen-bond donors (Lipinski definition) is 2. The van der Waals surface area contributed by atoms with Gasteiger partial charge in [0, 0.05) is 24.8 Å². The molecule has 7 nitrogen and oxygen atoms in total. The first kappa shape index (κ1) is 18.9. The maximum atomic E-state index is 13.1. The molecule has 0 aromatic heterocycles. The summed E-state index contributed by atoms with van der Waals surface area (Å²) in [6.45, 7) is 3.61. The van der Waals surface area contributed by atoms with Crippen LogP contribution in [0.15, 0.2) is 11.8 Å². The number of rotatable bonds is 4. The molecule has 2 heterocycles. The molecule has 0 aromatic carbocycles. The molecular formula is C19H30N4O3. The summed E-state index contributed by atoms with van der Waals surface area (Å²) in [5.41, 5.74) is 3.86. The van der Waals surface area contributed by atoms with E-state index in [4.69, 9.17) is 0 Å². The van der Waals surface area contributed by atoms with E-state index in [0.717, 1.165) is 58.0 Å². The molecule has 7 heteroatoms. The Morgan fingerprint density at radius 3 is 2.23 bits per heavy atom. The van der Waals surface area contributed by atoms with Crippen LogP contribution < -0.4 is 10.7 Å². The van der Waals surface area contributed by atoms with Crippen molar-refractivity contribution >= 4 is 17.8 Å². The predicted octanol–water partition coefficient (Wildman–Crippen LogP) is 2.30. The third-order valence-electron chi connectivity index (χ3n) is 5.65. The van der Waals surface area contributed by atoms with E-state index in [1.165, 1.54) is 17.7 Å². The molecule has 2 aliphatic heterocycles.